The Morgan fingerprint density at radius 2 is 2.27 bits per heavy atom. The maximum Gasteiger partial charge on any atom is 0.255 e. The number of H-pyrrole nitrogens is 1. The van der Waals surface area contributed by atoms with E-state index in [-0.39, 0.29) is 11.3 Å². The van der Waals surface area contributed by atoms with Crippen molar-refractivity contribution in [3.05, 3.63) is 62.9 Å². The minimum Gasteiger partial charge on any atom is -0.504 e. The quantitative estimate of drug-likeness (QED) is 0.739. The van der Waals surface area contributed by atoms with E-state index in [1.54, 1.807) is 23.5 Å². The van der Waals surface area contributed by atoms with Crippen LogP contribution in [0.2, 0.25) is 0 Å². The van der Waals surface area contributed by atoms with Gasteiger partial charge in [0.25, 0.3) is 5.56 Å². The summed E-state index contributed by atoms with van der Waals surface area (Å²) in [5, 5.41) is 11.9. The molecule has 6 nitrogen and oxygen atoms in total. The molecule has 0 saturated carbocycles. The molecule has 3 heterocycles. The normalized spacial score (nSPS) is 14.2. The minimum absolute atomic E-state index is 0.0688. The lowest BCUT2D eigenvalue weighted by atomic mass is 10.1. The number of fused-ring (bicyclic) bond motifs is 1. The summed E-state index contributed by atoms with van der Waals surface area (Å²) in [5.74, 6) is 1.24. The largest absolute Gasteiger partial charge is 0.504 e. The fourth-order valence-corrected chi connectivity index (χ4v) is 3.91. The molecule has 0 saturated heterocycles. The molecule has 7 heteroatoms. The second-order valence-corrected chi connectivity index (χ2v) is 7.23. The molecule has 0 amide bonds. The van der Waals surface area contributed by atoms with E-state index >= 15 is 0 Å². The van der Waals surface area contributed by atoms with Gasteiger partial charge in [-0.05, 0) is 29.1 Å². The number of nitrogens with one attached hydrogen (secondary N) is 1. The van der Waals surface area contributed by atoms with Crippen molar-refractivity contribution in [3.8, 4) is 22.2 Å². The summed E-state index contributed by atoms with van der Waals surface area (Å²) in [7, 11) is 1.53. The summed E-state index contributed by atoms with van der Waals surface area (Å²) in [5.41, 5.74) is 2.52. The average molecular weight is 369 g/mol. The van der Waals surface area contributed by atoms with Crippen molar-refractivity contribution in [2.45, 2.75) is 19.5 Å². The van der Waals surface area contributed by atoms with Gasteiger partial charge in [-0.3, -0.25) is 9.69 Å². The molecule has 134 valence electrons. The maximum absolute atomic E-state index is 12.5. The van der Waals surface area contributed by atoms with Gasteiger partial charge in [-0.25, -0.2) is 4.98 Å². The molecular weight excluding hydrogens is 350 g/mol. The Hall–Kier alpha value is -2.64. The van der Waals surface area contributed by atoms with Crippen LogP contribution in [0.4, 0.5) is 0 Å². The SMILES string of the molecule is COc1ccc(CN2CCc3nc(-c4cccs4)[nH]c(=O)c3C2)cc1O. The third-order valence-electron chi connectivity index (χ3n) is 4.55. The first-order valence-corrected chi connectivity index (χ1v) is 9.26. The topological polar surface area (TPSA) is 78.5 Å². The molecule has 0 atom stereocenters. The number of benzene rings is 1. The molecule has 0 radical (unpaired) electrons. The number of aromatic amines is 1. The Balaban J connectivity index is 1.55. The smallest absolute Gasteiger partial charge is 0.255 e. The number of aromatic hydroxyl groups is 1. The predicted molar refractivity (Wildman–Crippen MR) is 101 cm³/mol. The monoisotopic (exact) mass is 369 g/mol. The van der Waals surface area contributed by atoms with Crippen LogP contribution < -0.4 is 10.3 Å². The molecular formula is C19H19N3O3S. The zero-order valence-electron chi connectivity index (χ0n) is 14.4. The Kier molecular flexibility index (Phi) is 4.48. The number of aromatic nitrogens is 2. The van der Waals surface area contributed by atoms with E-state index in [0.29, 0.717) is 24.7 Å². The van der Waals surface area contributed by atoms with Crippen LogP contribution in [0.25, 0.3) is 10.7 Å². The molecule has 4 rings (SSSR count). The van der Waals surface area contributed by atoms with Crippen molar-refractivity contribution in [2.24, 2.45) is 0 Å². The van der Waals surface area contributed by atoms with Crippen LogP contribution in [0.1, 0.15) is 16.8 Å². The second kappa shape index (κ2) is 6.93. The number of hydrogen-bond acceptors (Lipinski definition) is 6. The molecule has 1 aliphatic heterocycles. The van der Waals surface area contributed by atoms with Gasteiger partial charge >= 0.3 is 0 Å². The lowest BCUT2D eigenvalue weighted by molar-refractivity contribution is 0.241. The maximum atomic E-state index is 12.5. The van der Waals surface area contributed by atoms with Crippen molar-refractivity contribution < 1.29 is 9.84 Å². The lowest BCUT2D eigenvalue weighted by Crippen LogP contribution is -2.35. The first kappa shape index (κ1) is 16.8. The van der Waals surface area contributed by atoms with E-state index in [1.165, 1.54) is 7.11 Å². The molecule has 2 N–H and O–H groups in total. The van der Waals surface area contributed by atoms with Crippen LogP contribution in [-0.4, -0.2) is 33.6 Å². The van der Waals surface area contributed by atoms with Crippen LogP contribution in [-0.2, 0) is 19.5 Å². The summed E-state index contributed by atoms with van der Waals surface area (Å²) in [6.07, 6.45) is 0.736. The summed E-state index contributed by atoms with van der Waals surface area (Å²) in [4.78, 5) is 23.3. The van der Waals surface area contributed by atoms with Gasteiger partial charge in [-0.2, -0.15) is 0 Å². The van der Waals surface area contributed by atoms with E-state index in [1.807, 2.05) is 23.6 Å². The number of phenolic OH excluding ortho intramolecular Hbond substituents is 1. The van der Waals surface area contributed by atoms with Crippen LogP contribution in [0.3, 0.4) is 0 Å². The van der Waals surface area contributed by atoms with Gasteiger partial charge in [0.15, 0.2) is 17.3 Å². The molecule has 0 aliphatic carbocycles. The number of hydrogen-bond donors (Lipinski definition) is 2. The number of rotatable bonds is 4. The third-order valence-corrected chi connectivity index (χ3v) is 5.43. The molecule has 1 aliphatic rings. The number of phenols is 1. The van der Waals surface area contributed by atoms with E-state index in [0.717, 1.165) is 34.7 Å². The first-order chi connectivity index (χ1) is 12.6. The zero-order chi connectivity index (χ0) is 18.1. The van der Waals surface area contributed by atoms with Crippen LogP contribution in [0.5, 0.6) is 11.5 Å². The van der Waals surface area contributed by atoms with Crippen molar-refractivity contribution in [1.82, 2.24) is 14.9 Å². The molecule has 0 bridgehead atoms. The molecule has 26 heavy (non-hydrogen) atoms. The summed E-state index contributed by atoms with van der Waals surface area (Å²) in [6, 6.07) is 9.30. The lowest BCUT2D eigenvalue weighted by Gasteiger charge is -2.27. The van der Waals surface area contributed by atoms with Crippen LogP contribution in [0.15, 0.2) is 40.5 Å². The average Bonchev–Trinajstić information content (AvgIpc) is 3.17. The minimum atomic E-state index is -0.0688. The fourth-order valence-electron chi connectivity index (χ4n) is 3.24. The van der Waals surface area contributed by atoms with Crippen LogP contribution in [0, 0.1) is 0 Å². The summed E-state index contributed by atoms with van der Waals surface area (Å²) >= 11 is 1.57. The van der Waals surface area contributed by atoms with E-state index in [9.17, 15) is 9.90 Å². The van der Waals surface area contributed by atoms with E-state index < -0.39 is 0 Å². The van der Waals surface area contributed by atoms with Gasteiger partial charge in [0.2, 0.25) is 0 Å². The molecule has 3 aromatic rings. The van der Waals surface area contributed by atoms with E-state index in [4.69, 9.17) is 4.74 Å². The molecule has 0 unspecified atom stereocenters. The fraction of sp³-hybridized carbons (Fsp3) is 0.263. The second-order valence-electron chi connectivity index (χ2n) is 6.28. The first-order valence-electron chi connectivity index (χ1n) is 8.38. The van der Waals surface area contributed by atoms with Crippen molar-refractivity contribution >= 4 is 11.3 Å². The van der Waals surface area contributed by atoms with Crippen molar-refractivity contribution in [2.75, 3.05) is 13.7 Å². The highest BCUT2D eigenvalue weighted by molar-refractivity contribution is 7.13. The standard InChI is InChI=1S/C19H19N3O3S/c1-25-16-5-4-12(9-15(16)23)10-22-7-6-14-13(11-22)19(24)21-18(20-14)17-3-2-8-26-17/h2-5,8-9,23H,6-7,10-11H2,1H3,(H,20,21,24). The van der Waals surface area contributed by atoms with Gasteiger partial charge in [-0.1, -0.05) is 12.1 Å². The predicted octanol–water partition coefficient (Wildman–Crippen LogP) is 2.77. The van der Waals surface area contributed by atoms with E-state index in [2.05, 4.69) is 14.9 Å². The summed E-state index contributed by atoms with van der Waals surface area (Å²) < 4.78 is 5.08. The van der Waals surface area contributed by atoms with Gasteiger partial charge in [0, 0.05) is 26.1 Å². The summed E-state index contributed by atoms with van der Waals surface area (Å²) in [6.45, 7) is 2.03. The molecule has 1 aromatic carbocycles. The van der Waals surface area contributed by atoms with Gasteiger partial charge in [0.05, 0.1) is 23.2 Å². The van der Waals surface area contributed by atoms with Gasteiger partial charge in [-0.15, -0.1) is 11.3 Å². The van der Waals surface area contributed by atoms with Crippen molar-refractivity contribution in [1.29, 1.82) is 0 Å². The Labute approximate surface area is 154 Å². The number of nitrogens with zero attached hydrogens (tertiary/aromatic N) is 2. The Morgan fingerprint density at radius 3 is 3.00 bits per heavy atom. The highest BCUT2D eigenvalue weighted by Gasteiger charge is 2.22. The van der Waals surface area contributed by atoms with Gasteiger partial charge in [0.1, 0.15) is 0 Å². The molecule has 2 aromatic heterocycles. The van der Waals surface area contributed by atoms with Crippen molar-refractivity contribution in [3.63, 3.8) is 0 Å². The number of methoxy groups -OCH3 is 1. The third kappa shape index (κ3) is 3.23. The molecule has 0 spiro atoms. The Morgan fingerprint density at radius 1 is 1.38 bits per heavy atom. The number of ether oxygens (including phenoxy) is 1. The highest BCUT2D eigenvalue weighted by atomic mass is 32.1. The highest BCUT2D eigenvalue weighted by Crippen LogP contribution is 2.28. The van der Waals surface area contributed by atoms with Gasteiger partial charge < -0.3 is 14.8 Å². The zero-order valence-corrected chi connectivity index (χ0v) is 15.2. The Bertz CT molecular complexity index is 982. The number of thiophene rings is 1. The molecule has 0 fully saturated rings. The van der Waals surface area contributed by atoms with Crippen LogP contribution >= 0.6 is 11.3 Å².